The van der Waals surface area contributed by atoms with Crippen molar-refractivity contribution in [2.75, 3.05) is 0 Å². The molecule has 0 saturated heterocycles. The Hall–Kier alpha value is -3.98. The fraction of sp³-hybridized carbons (Fsp3) is 0. The first kappa shape index (κ1) is 15.0. The minimum Gasteiger partial charge on any atom is -0.276 e. The lowest BCUT2D eigenvalue weighted by Gasteiger charge is -2.14. The highest BCUT2D eigenvalue weighted by molar-refractivity contribution is 6.34. The van der Waals surface area contributed by atoms with Crippen LogP contribution in [0.4, 0.5) is 0 Å². The van der Waals surface area contributed by atoms with Crippen LogP contribution in [-0.4, -0.2) is 14.4 Å². The molecule has 3 heterocycles. The Morgan fingerprint density at radius 1 is 0.517 bits per heavy atom. The number of imidazole rings is 1. The molecule has 134 valence electrons. The van der Waals surface area contributed by atoms with Crippen LogP contribution in [-0.2, 0) is 0 Å². The zero-order chi connectivity index (χ0) is 18.9. The number of para-hydroxylation sites is 2. The first-order chi connectivity index (χ1) is 14.4. The second-order valence-electron chi connectivity index (χ2n) is 7.48. The molecular formula is C26H15N3. The number of nitrogens with zero attached hydrogens (tertiary/aromatic N) is 3. The zero-order valence-electron chi connectivity index (χ0n) is 15.5. The van der Waals surface area contributed by atoms with Gasteiger partial charge in [0.05, 0.1) is 11.0 Å². The number of hydrogen-bond acceptors (Lipinski definition) is 2. The van der Waals surface area contributed by atoms with Crippen molar-refractivity contribution in [1.82, 2.24) is 14.4 Å². The molecule has 0 bridgehead atoms. The van der Waals surface area contributed by atoms with Gasteiger partial charge in [0, 0.05) is 22.4 Å². The summed E-state index contributed by atoms with van der Waals surface area (Å²) in [5.74, 6) is 0. The van der Waals surface area contributed by atoms with Crippen molar-refractivity contribution in [3.05, 3.63) is 91.1 Å². The molecule has 3 heteroatoms. The third-order valence-corrected chi connectivity index (χ3v) is 5.99. The van der Waals surface area contributed by atoms with Crippen molar-refractivity contribution in [3.63, 3.8) is 0 Å². The lowest BCUT2D eigenvalue weighted by molar-refractivity contribution is 1.23. The van der Waals surface area contributed by atoms with Crippen molar-refractivity contribution in [1.29, 1.82) is 0 Å². The van der Waals surface area contributed by atoms with Gasteiger partial charge in [0.25, 0.3) is 0 Å². The summed E-state index contributed by atoms with van der Waals surface area (Å²) in [6.45, 7) is 0. The van der Waals surface area contributed by atoms with Crippen LogP contribution >= 0.6 is 0 Å². The van der Waals surface area contributed by atoms with E-state index < -0.39 is 0 Å². The Bertz CT molecular complexity index is 1760. The molecular weight excluding hydrogens is 354 g/mol. The average molecular weight is 369 g/mol. The second kappa shape index (κ2) is 5.30. The fourth-order valence-electron chi connectivity index (χ4n) is 4.83. The van der Waals surface area contributed by atoms with E-state index in [1.807, 2.05) is 18.3 Å². The molecule has 0 aliphatic rings. The molecule has 0 unspecified atom stereocenters. The maximum absolute atomic E-state index is 5.07. The predicted octanol–water partition coefficient (Wildman–Crippen LogP) is 6.50. The topological polar surface area (TPSA) is 30.2 Å². The van der Waals surface area contributed by atoms with E-state index in [4.69, 9.17) is 9.97 Å². The van der Waals surface area contributed by atoms with Crippen molar-refractivity contribution in [3.8, 4) is 0 Å². The van der Waals surface area contributed by atoms with Gasteiger partial charge < -0.3 is 0 Å². The number of aromatic nitrogens is 3. The normalized spacial score (nSPS) is 12.1. The summed E-state index contributed by atoms with van der Waals surface area (Å²) < 4.78 is 2.22. The third kappa shape index (κ3) is 1.82. The summed E-state index contributed by atoms with van der Waals surface area (Å²) in [6.07, 6.45) is 1.87. The van der Waals surface area contributed by atoms with Gasteiger partial charge in [-0.25, -0.2) is 9.97 Å². The lowest BCUT2D eigenvalue weighted by Crippen LogP contribution is -1.95. The van der Waals surface area contributed by atoms with Crippen LogP contribution in [0.25, 0.3) is 60.0 Å². The monoisotopic (exact) mass is 369 g/mol. The lowest BCUT2D eigenvalue weighted by atomic mass is 9.93. The largest absolute Gasteiger partial charge is 0.276 e. The number of rotatable bonds is 0. The SMILES string of the molecule is c1ccc2c(c1)nc1c3c4ccccc4c4ccccc4c3c3cccnc3n21. The highest BCUT2D eigenvalue weighted by Gasteiger charge is 2.18. The molecule has 0 atom stereocenters. The van der Waals surface area contributed by atoms with E-state index >= 15 is 0 Å². The van der Waals surface area contributed by atoms with Crippen LogP contribution in [0.2, 0.25) is 0 Å². The molecule has 29 heavy (non-hydrogen) atoms. The van der Waals surface area contributed by atoms with Gasteiger partial charge in [-0.05, 0) is 45.8 Å². The minimum absolute atomic E-state index is 0.948. The molecule has 7 aromatic rings. The van der Waals surface area contributed by atoms with Gasteiger partial charge in [-0.15, -0.1) is 0 Å². The number of pyridine rings is 2. The van der Waals surface area contributed by atoms with Crippen LogP contribution in [0.3, 0.4) is 0 Å². The Morgan fingerprint density at radius 3 is 1.93 bits per heavy atom. The summed E-state index contributed by atoms with van der Waals surface area (Å²) in [5, 5.41) is 8.57. The molecule has 0 radical (unpaired) electrons. The maximum Gasteiger partial charge on any atom is 0.148 e. The first-order valence-electron chi connectivity index (χ1n) is 9.79. The van der Waals surface area contributed by atoms with Crippen molar-refractivity contribution < 1.29 is 0 Å². The second-order valence-corrected chi connectivity index (χ2v) is 7.48. The Morgan fingerprint density at radius 2 is 1.14 bits per heavy atom. The predicted molar refractivity (Wildman–Crippen MR) is 121 cm³/mol. The van der Waals surface area contributed by atoms with Crippen molar-refractivity contribution in [2.24, 2.45) is 0 Å². The minimum atomic E-state index is 0.948. The quantitative estimate of drug-likeness (QED) is 0.286. The van der Waals surface area contributed by atoms with Crippen LogP contribution in [0.5, 0.6) is 0 Å². The smallest absolute Gasteiger partial charge is 0.148 e. The summed E-state index contributed by atoms with van der Waals surface area (Å²) in [6, 6.07) is 29.8. The molecule has 0 N–H and O–H groups in total. The van der Waals surface area contributed by atoms with Crippen molar-refractivity contribution in [2.45, 2.75) is 0 Å². The first-order valence-corrected chi connectivity index (χ1v) is 9.79. The molecule has 3 nitrogen and oxygen atoms in total. The molecule has 0 spiro atoms. The molecule has 0 aliphatic heterocycles. The number of benzene rings is 4. The van der Waals surface area contributed by atoms with E-state index in [1.54, 1.807) is 0 Å². The Balaban J connectivity index is 1.98. The van der Waals surface area contributed by atoms with Gasteiger partial charge in [0.2, 0.25) is 0 Å². The average Bonchev–Trinajstić information content (AvgIpc) is 3.18. The van der Waals surface area contributed by atoms with Crippen LogP contribution < -0.4 is 0 Å². The molecule has 0 saturated carbocycles. The van der Waals surface area contributed by atoms with E-state index in [2.05, 4.69) is 77.2 Å². The van der Waals surface area contributed by atoms with E-state index in [0.717, 1.165) is 27.7 Å². The van der Waals surface area contributed by atoms with Gasteiger partial charge in [-0.3, -0.25) is 4.40 Å². The van der Waals surface area contributed by atoms with E-state index in [1.165, 1.54) is 32.3 Å². The van der Waals surface area contributed by atoms with E-state index in [9.17, 15) is 0 Å². The summed E-state index contributed by atoms with van der Waals surface area (Å²) in [7, 11) is 0. The summed E-state index contributed by atoms with van der Waals surface area (Å²) >= 11 is 0. The van der Waals surface area contributed by atoms with Gasteiger partial charge in [-0.1, -0.05) is 60.7 Å². The molecule has 0 amide bonds. The molecule has 0 fully saturated rings. The number of hydrogen-bond donors (Lipinski definition) is 0. The molecule has 7 rings (SSSR count). The highest BCUT2D eigenvalue weighted by Crippen LogP contribution is 2.41. The molecule has 3 aromatic heterocycles. The van der Waals surface area contributed by atoms with Crippen LogP contribution in [0, 0.1) is 0 Å². The standard InChI is InChI=1S/C26H15N3/c1-3-10-18-16(8-1)17-9-2-4-11-19(17)24-23(18)20-12-7-15-27-25(20)29-22-14-6-5-13-21(22)28-26(24)29/h1-15H. The Labute approximate surface area is 165 Å². The summed E-state index contributed by atoms with van der Waals surface area (Å²) in [5.41, 5.74) is 3.99. The molecule has 4 aromatic carbocycles. The van der Waals surface area contributed by atoms with Gasteiger partial charge >= 0.3 is 0 Å². The van der Waals surface area contributed by atoms with Gasteiger partial charge in [-0.2, -0.15) is 0 Å². The highest BCUT2D eigenvalue weighted by atomic mass is 15.1. The van der Waals surface area contributed by atoms with Crippen molar-refractivity contribution >= 4 is 60.0 Å². The zero-order valence-corrected chi connectivity index (χ0v) is 15.5. The van der Waals surface area contributed by atoms with Crippen LogP contribution in [0.1, 0.15) is 0 Å². The van der Waals surface area contributed by atoms with Gasteiger partial charge in [0.15, 0.2) is 0 Å². The maximum atomic E-state index is 5.07. The van der Waals surface area contributed by atoms with Gasteiger partial charge in [0.1, 0.15) is 11.3 Å². The number of fused-ring (bicyclic) bond motifs is 13. The molecule has 0 aliphatic carbocycles. The Kier molecular flexibility index (Phi) is 2.74. The van der Waals surface area contributed by atoms with E-state index in [0.29, 0.717) is 0 Å². The van der Waals surface area contributed by atoms with Crippen LogP contribution in [0.15, 0.2) is 91.1 Å². The summed E-state index contributed by atoms with van der Waals surface area (Å²) in [4.78, 5) is 9.87. The van der Waals surface area contributed by atoms with E-state index in [-0.39, 0.29) is 0 Å². The fourth-order valence-corrected chi connectivity index (χ4v) is 4.83. The third-order valence-electron chi connectivity index (χ3n) is 5.99.